The summed E-state index contributed by atoms with van der Waals surface area (Å²) in [6.07, 6.45) is 2.33. The molecule has 2 aromatic carbocycles. The van der Waals surface area contributed by atoms with Crippen LogP contribution in [0, 0.1) is 0 Å². The van der Waals surface area contributed by atoms with Gasteiger partial charge in [0.1, 0.15) is 17.5 Å². The lowest BCUT2D eigenvalue weighted by molar-refractivity contribution is -0.128. The molecule has 9 heteroatoms. The van der Waals surface area contributed by atoms with Gasteiger partial charge < -0.3 is 19.4 Å². The van der Waals surface area contributed by atoms with Crippen LogP contribution in [-0.4, -0.2) is 59.0 Å². The lowest BCUT2D eigenvalue weighted by atomic mass is 9.96. The first-order valence-electron chi connectivity index (χ1n) is 11.8. The largest absolute Gasteiger partial charge is 0.467 e. The first kappa shape index (κ1) is 24.1. The SMILES string of the molecule is O=C(NCc1ccco1)[C@H]1COC2(CCN(C(=O)c3ccc(Cl)cc3)CC2)N1C(=O)c1ccccc1. The minimum Gasteiger partial charge on any atom is -0.467 e. The highest BCUT2D eigenvalue weighted by Gasteiger charge is 2.54. The molecule has 8 nitrogen and oxygen atoms in total. The predicted molar refractivity (Wildman–Crippen MR) is 132 cm³/mol. The maximum Gasteiger partial charge on any atom is 0.256 e. The van der Waals surface area contributed by atoms with Crippen LogP contribution in [0.15, 0.2) is 77.4 Å². The second-order valence-electron chi connectivity index (χ2n) is 8.91. The maximum absolute atomic E-state index is 13.7. The van der Waals surface area contributed by atoms with Crippen LogP contribution in [0.4, 0.5) is 0 Å². The van der Waals surface area contributed by atoms with E-state index in [0.717, 1.165) is 0 Å². The van der Waals surface area contributed by atoms with Crippen LogP contribution < -0.4 is 5.32 Å². The Morgan fingerprint density at radius 2 is 1.61 bits per heavy atom. The zero-order valence-corrected chi connectivity index (χ0v) is 20.3. The van der Waals surface area contributed by atoms with Crippen LogP contribution in [0.25, 0.3) is 0 Å². The van der Waals surface area contributed by atoms with Gasteiger partial charge in [-0.05, 0) is 48.5 Å². The van der Waals surface area contributed by atoms with Crippen LogP contribution in [0.3, 0.4) is 0 Å². The second kappa shape index (κ2) is 10.2. The summed E-state index contributed by atoms with van der Waals surface area (Å²) in [6, 6.07) is 18.4. The smallest absolute Gasteiger partial charge is 0.256 e. The number of rotatable bonds is 5. The van der Waals surface area contributed by atoms with E-state index in [0.29, 0.717) is 47.8 Å². The molecular formula is C27H26ClN3O5. The second-order valence-corrected chi connectivity index (χ2v) is 9.35. The van der Waals surface area contributed by atoms with Gasteiger partial charge in [-0.25, -0.2) is 0 Å². The molecule has 186 valence electrons. The Hall–Kier alpha value is -3.62. The summed E-state index contributed by atoms with van der Waals surface area (Å²) in [5, 5.41) is 3.42. The number of ether oxygens (including phenoxy) is 1. The highest BCUT2D eigenvalue weighted by atomic mass is 35.5. The molecular weight excluding hydrogens is 482 g/mol. The number of amides is 3. The van der Waals surface area contributed by atoms with Crippen LogP contribution >= 0.6 is 11.6 Å². The quantitative estimate of drug-likeness (QED) is 0.568. The Morgan fingerprint density at radius 1 is 0.917 bits per heavy atom. The van der Waals surface area contributed by atoms with Crippen molar-refractivity contribution in [1.82, 2.24) is 15.1 Å². The molecule has 0 radical (unpaired) electrons. The molecule has 0 bridgehead atoms. The van der Waals surface area contributed by atoms with Crippen molar-refractivity contribution in [2.75, 3.05) is 19.7 Å². The first-order chi connectivity index (χ1) is 17.5. The van der Waals surface area contributed by atoms with Gasteiger partial charge in [0.05, 0.1) is 19.4 Å². The number of hydrogen-bond acceptors (Lipinski definition) is 5. The van der Waals surface area contributed by atoms with Crippen LogP contribution in [0.1, 0.15) is 39.3 Å². The average Bonchev–Trinajstić information content (AvgIpc) is 3.56. The van der Waals surface area contributed by atoms with Gasteiger partial charge in [-0.1, -0.05) is 29.8 Å². The third-order valence-corrected chi connectivity index (χ3v) is 6.99. The number of nitrogens with zero attached hydrogens (tertiary/aromatic N) is 2. The molecule has 0 unspecified atom stereocenters. The average molecular weight is 508 g/mol. The standard InChI is InChI=1S/C27H26ClN3O5/c28-21-10-8-20(9-11-21)25(33)30-14-12-27(13-15-30)31(26(34)19-5-2-1-3-6-19)23(18-36-27)24(32)29-17-22-7-4-16-35-22/h1-11,16,23H,12-15,17-18H2,(H,29,32)/t23-/m1/s1. The highest BCUT2D eigenvalue weighted by molar-refractivity contribution is 6.30. The van der Waals surface area contributed by atoms with Gasteiger partial charge in [-0.15, -0.1) is 0 Å². The lowest BCUT2D eigenvalue weighted by Gasteiger charge is -2.44. The van der Waals surface area contributed by atoms with E-state index in [1.54, 1.807) is 76.7 Å². The van der Waals surface area contributed by atoms with E-state index >= 15 is 0 Å². The number of likely N-dealkylation sites (tertiary alicyclic amines) is 1. The topological polar surface area (TPSA) is 92.1 Å². The molecule has 1 N–H and O–H groups in total. The summed E-state index contributed by atoms with van der Waals surface area (Å²) in [5.74, 6) is -0.0731. The molecule has 3 aromatic rings. The number of carbonyl (C=O) groups excluding carboxylic acids is 3. The number of carbonyl (C=O) groups is 3. The van der Waals surface area contributed by atoms with Crippen molar-refractivity contribution in [1.29, 1.82) is 0 Å². The van der Waals surface area contributed by atoms with Gasteiger partial charge in [0.2, 0.25) is 5.91 Å². The number of benzene rings is 2. The molecule has 2 fully saturated rings. The van der Waals surface area contributed by atoms with Crippen LogP contribution in [-0.2, 0) is 16.1 Å². The summed E-state index contributed by atoms with van der Waals surface area (Å²) in [6.45, 7) is 1.07. The predicted octanol–water partition coefficient (Wildman–Crippen LogP) is 3.72. The zero-order valence-electron chi connectivity index (χ0n) is 19.6. The maximum atomic E-state index is 13.7. The van der Waals surface area contributed by atoms with Crippen molar-refractivity contribution in [3.05, 3.63) is 94.9 Å². The Balaban J connectivity index is 1.35. The van der Waals surface area contributed by atoms with E-state index in [4.69, 9.17) is 20.8 Å². The Morgan fingerprint density at radius 3 is 2.28 bits per heavy atom. The monoisotopic (exact) mass is 507 g/mol. The number of halogens is 1. The molecule has 1 aromatic heterocycles. The number of nitrogens with one attached hydrogen (secondary N) is 1. The van der Waals surface area contributed by atoms with E-state index in [-0.39, 0.29) is 30.9 Å². The fourth-order valence-electron chi connectivity index (χ4n) is 4.83. The molecule has 2 saturated heterocycles. The van der Waals surface area contributed by atoms with E-state index in [1.807, 2.05) is 6.07 Å². The summed E-state index contributed by atoms with van der Waals surface area (Å²) >= 11 is 5.95. The first-order valence-corrected chi connectivity index (χ1v) is 12.2. The number of piperidine rings is 1. The summed E-state index contributed by atoms with van der Waals surface area (Å²) in [7, 11) is 0. The van der Waals surface area contributed by atoms with E-state index in [9.17, 15) is 14.4 Å². The number of furan rings is 1. The van der Waals surface area contributed by atoms with Crippen molar-refractivity contribution in [2.24, 2.45) is 0 Å². The highest BCUT2D eigenvalue weighted by Crippen LogP contribution is 2.39. The molecule has 2 aliphatic heterocycles. The van der Waals surface area contributed by atoms with Gasteiger partial charge in [0.15, 0.2) is 0 Å². The lowest BCUT2D eigenvalue weighted by Crippen LogP contribution is -2.59. The molecule has 1 spiro atoms. The summed E-state index contributed by atoms with van der Waals surface area (Å²) < 4.78 is 11.5. The van der Waals surface area contributed by atoms with Crippen LogP contribution in [0.5, 0.6) is 0 Å². The van der Waals surface area contributed by atoms with E-state index in [1.165, 1.54) is 0 Å². The van der Waals surface area contributed by atoms with Crippen molar-refractivity contribution in [3.63, 3.8) is 0 Å². The van der Waals surface area contributed by atoms with Crippen LogP contribution in [0.2, 0.25) is 5.02 Å². The van der Waals surface area contributed by atoms with Crippen molar-refractivity contribution in [2.45, 2.75) is 31.2 Å². The van der Waals surface area contributed by atoms with E-state index < -0.39 is 11.8 Å². The van der Waals surface area contributed by atoms with Gasteiger partial charge >= 0.3 is 0 Å². The summed E-state index contributed by atoms with van der Waals surface area (Å²) in [5.41, 5.74) is 0.0529. The summed E-state index contributed by atoms with van der Waals surface area (Å²) in [4.78, 5) is 43.2. The Labute approximate surface area is 213 Å². The molecule has 5 rings (SSSR count). The minimum absolute atomic E-state index is 0.0771. The number of hydrogen-bond donors (Lipinski definition) is 1. The third kappa shape index (κ3) is 4.74. The van der Waals surface area contributed by atoms with Gasteiger partial charge in [-0.3, -0.25) is 19.3 Å². The molecule has 0 saturated carbocycles. The van der Waals surface area contributed by atoms with Gasteiger partial charge in [-0.2, -0.15) is 0 Å². The molecule has 0 aliphatic carbocycles. The molecule has 3 amide bonds. The minimum atomic E-state index is -0.976. The van der Waals surface area contributed by atoms with E-state index in [2.05, 4.69) is 5.32 Å². The molecule has 36 heavy (non-hydrogen) atoms. The van der Waals surface area contributed by atoms with Gasteiger partial charge in [0.25, 0.3) is 11.8 Å². The molecule has 1 atom stereocenters. The van der Waals surface area contributed by atoms with Crippen molar-refractivity contribution in [3.8, 4) is 0 Å². The van der Waals surface area contributed by atoms with Gasteiger partial charge in [0, 0.05) is 42.1 Å². The Bertz CT molecular complexity index is 1220. The molecule has 2 aliphatic rings. The van der Waals surface area contributed by atoms with Crippen molar-refractivity contribution < 1.29 is 23.5 Å². The zero-order chi connectivity index (χ0) is 25.1. The fraction of sp³-hybridized carbons (Fsp3) is 0.296. The normalized spacial score (nSPS) is 18.9. The Kier molecular flexibility index (Phi) is 6.80. The molecule has 3 heterocycles. The fourth-order valence-corrected chi connectivity index (χ4v) is 4.95. The third-order valence-electron chi connectivity index (χ3n) is 6.74. The van der Waals surface area contributed by atoms with Crippen molar-refractivity contribution >= 4 is 29.3 Å².